The number of hydrogen-bond donors (Lipinski definition) is 1. The predicted octanol–water partition coefficient (Wildman–Crippen LogP) is -0.961. The lowest BCUT2D eigenvalue weighted by molar-refractivity contribution is -0.139. The number of rotatable bonds is 1. The molecule has 0 spiro atoms. The molecule has 2 bridgehead atoms. The second kappa shape index (κ2) is 3.82. The predicted molar refractivity (Wildman–Crippen MR) is 57.7 cm³/mol. The number of nitrogens with one attached hydrogen (secondary N) is 1. The summed E-state index contributed by atoms with van der Waals surface area (Å²) in [5.41, 5.74) is 0. The van der Waals surface area contributed by atoms with Gasteiger partial charge in [-0.05, 0) is 31.8 Å². The third-order valence-electron chi connectivity index (χ3n) is 4.06. The molecule has 4 aliphatic rings. The topological polar surface area (TPSA) is 52.7 Å². The molecule has 5 nitrogen and oxygen atoms in total. The summed E-state index contributed by atoms with van der Waals surface area (Å²) in [6, 6.07) is 0.414. The Kier molecular flexibility index (Phi) is 2.44. The van der Waals surface area contributed by atoms with E-state index in [-0.39, 0.29) is 11.8 Å². The molecule has 4 heterocycles. The van der Waals surface area contributed by atoms with Gasteiger partial charge >= 0.3 is 0 Å². The summed E-state index contributed by atoms with van der Waals surface area (Å²) in [6.45, 7) is 4.19. The number of piperidine rings is 3. The molecule has 1 N–H and O–H groups in total. The lowest BCUT2D eigenvalue weighted by Gasteiger charge is -2.49. The molecule has 0 aromatic rings. The fraction of sp³-hybridized carbons (Fsp3) is 0.818. The SMILES string of the molecule is O=C1CN(C2CN3CCC2CC3)CC(=O)N1. The molecule has 2 amide bonds. The van der Waals surface area contributed by atoms with Crippen molar-refractivity contribution in [2.45, 2.75) is 18.9 Å². The van der Waals surface area contributed by atoms with Gasteiger partial charge in [-0.2, -0.15) is 0 Å². The zero-order valence-electron chi connectivity index (χ0n) is 9.32. The van der Waals surface area contributed by atoms with Crippen LogP contribution >= 0.6 is 0 Å². The largest absolute Gasteiger partial charge is 0.302 e. The van der Waals surface area contributed by atoms with Gasteiger partial charge in [0.1, 0.15) is 0 Å². The van der Waals surface area contributed by atoms with E-state index in [2.05, 4.69) is 15.1 Å². The number of fused-ring (bicyclic) bond motifs is 3. The van der Waals surface area contributed by atoms with Gasteiger partial charge in [-0.3, -0.25) is 19.8 Å². The van der Waals surface area contributed by atoms with Crippen LogP contribution in [0.25, 0.3) is 0 Å². The van der Waals surface area contributed by atoms with Gasteiger partial charge in [0.25, 0.3) is 0 Å². The fourth-order valence-corrected chi connectivity index (χ4v) is 3.24. The Morgan fingerprint density at radius 2 is 1.69 bits per heavy atom. The molecular weight excluding hydrogens is 206 g/mol. The smallest absolute Gasteiger partial charge is 0.240 e. The van der Waals surface area contributed by atoms with Gasteiger partial charge in [-0.15, -0.1) is 0 Å². The molecule has 0 aromatic heterocycles. The van der Waals surface area contributed by atoms with Crippen molar-refractivity contribution in [3.05, 3.63) is 0 Å². The standard InChI is InChI=1S/C11H17N3O2/c15-10-6-14(7-11(16)12-10)9-5-13-3-1-8(9)2-4-13/h8-9H,1-7H2,(H,12,15,16). The van der Waals surface area contributed by atoms with Gasteiger partial charge in [0.05, 0.1) is 13.1 Å². The average Bonchev–Trinajstić information content (AvgIpc) is 2.29. The van der Waals surface area contributed by atoms with Crippen LogP contribution in [0.4, 0.5) is 0 Å². The second-order valence-electron chi connectivity index (χ2n) is 5.08. The molecule has 16 heavy (non-hydrogen) atoms. The Labute approximate surface area is 94.8 Å². The number of amides is 2. The van der Waals surface area contributed by atoms with Crippen LogP contribution in [-0.2, 0) is 9.59 Å². The summed E-state index contributed by atoms with van der Waals surface area (Å²) < 4.78 is 0. The maximum absolute atomic E-state index is 11.3. The Morgan fingerprint density at radius 3 is 2.19 bits per heavy atom. The molecule has 0 aliphatic carbocycles. The van der Waals surface area contributed by atoms with Crippen LogP contribution in [-0.4, -0.2) is 60.4 Å². The molecule has 0 aromatic carbocycles. The molecule has 1 unspecified atom stereocenters. The van der Waals surface area contributed by atoms with Gasteiger partial charge < -0.3 is 4.90 Å². The van der Waals surface area contributed by atoms with Crippen molar-refractivity contribution in [2.75, 3.05) is 32.7 Å². The van der Waals surface area contributed by atoms with Gasteiger partial charge in [-0.1, -0.05) is 0 Å². The van der Waals surface area contributed by atoms with E-state index in [1.807, 2.05) is 0 Å². The number of hydrogen-bond acceptors (Lipinski definition) is 4. The minimum atomic E-state index is -0.146. The second-order valence-corrected chi connectivity index (χ2v) is 5.08. The lowest BCUT2D eigenvalue weighted by Crippen LogP contribution is -2.62. The van der Waals surface area contributed by atoms with Crippen LogP contribution in [0.3, 0.4) is 0 Å². The van der Waals surface area contributed by atoms with E-state index in [4.69, 9.17) is 0 Å². The molecule has 0 radical (unpaired) electrons. The first-order valence-electron chi connectivity index (χ1n) is 6.01. The molecule has 0 saturated carbocycles. The van der Waals surface area contributed by atoms with Crippen LogP contribution in [0.1, 0.15) is 12.8 Å². The quantitative estimate of drug-likeness (QED) is 0.582. The maximum Gasteiger partial charge on any atom is 0.240 e. The normalized spacial score (nSPS) is 39.9. The molecule has 4 saturated heterocycles. The van der Waals surface area contributed by atoms with Crippen molar-refractivity contribution in [1.29, 1.82) is 0 Å². The molecule has 4 fully saturated rings. The van der Waals surface area contributed by atoms with Gasteiger partial charge in [0, 0.05) is 12.6 Å². The number of nitrogens with zero attached hydrogens (tertiary/aromatic N) is 2. The number of piperazine rings is 1. The van der Waals surface area contributed by atoms with Gasteiger partial charge in [0.2, 0.25) is 11.8 Å². The third-order valence-corrected chi connectivity index (χ3v) is 4.06. The molecular formula is C11H17N3O2. The number of carbonyl (C=O) groups is 2. The minimum absolute atomic E-state index is 0.146. The van der Waals surface area contributed by atoms with Crippen molar-refractivity contribution in [3.63, 3.8) is 0 Å². The first-order chi connectivity index (χ1) is 7.72. The van der Waals surface area contributed by atoms with E-state index in [9.17, 15) is 9.59 Å². The minimum Gasteiger partial charge on any atom is -0.302 e. The monoisotopic (exact) mass is 223 g/mol. The molecule has 4 aliphatic heterocycles. The summed E-state index contributed by atoms with van der Waals surface area (Å²) in [4.78, 5) is 27.2. The highest BCUT2D eigenvalue weighted by atomic mass is 16.2. The van der Waals surface area contributed by atoms with Crippen molar-refractivity contribution in [3.8, 4) is 0 Å². The van der Waals surface area contributed by atoms with Crippen LogP contribution in [0.2, 0.25) is 0 Å². The van der Waals surface area contributed by atoms with E-state index < -0.39 is 0 Å². The highest BCUT2D eigenvalue weighted by molar-refractivity contribution is 5.99. The van der Waals surface area contributed by atoms with E-state index in [0.717, 1.165) is 6.54 Å². The summed E-state index contributed by atoms with van der Waals surface area (Å²) in [7, 11) is 0. The van der Waals surface area contributed by atoms with E-state index in [1.54, 1.807) is 0 Å². The molecule has 5 heteroatoms. The van der Waals surface area contributed by atoms with E-state index >= 15 is 0 Å². The summed E-state index contributed by atoms with van der Waals surface area (Å²) in [5, 5.41) is 2.36. The first kappa shape index (κ1) is 10.2. The van der Waals surface area contributed by atoms with E-state index in [0.29, 0.717) is 25.0 Å². The third kappa shape index (κ3) is 1.74. The van der Waals surface area contributed by atoms with Crippen LogP contribution in [0.5, 0.6) is 0 Å². The average molecular weight is 223 g/mol. The molecule has 4 rings (SSSR count). The maximum atomic E-state index is 11.3. The van der Waals surface area contributed by atoms with Gasteiger partial charge in [-0.25, -0.2) is 0 Å². The Balaban J connectivity index is 1.72. The Morgan fingerprint density at radius 1 is 1.06 bits per heavy atom. The van der Waals surface area contributed by atoms with Crippen LogP contribution in [0, 0.1) is 5.92 Å². The zero-order chi connectivity index (χ0) is 11.1. The fourth-order valence-electron chi connectivity index (χ4n) is 3.24. The van der Waals surface area contributed by atoms with Crippen molar-refractivity contribution in [1.82, 2.24) is 15.1 Å². The van der Waals surface area contributed by atoms with Crippen LogP contribution in [0.15, 0.2) is 0 Å². The zero-order valence-corrected chi connectivity index (χ0v) is 9.32. The highest BCUT2D eigenvalue weighted by Gasteiger charge is 2.39. The summed E-state index contributed by atoms with van der Waals surface area (Å²) in [5.74, 6) is 0.393. The van der Waals surface area contributed by atoms with Crippen molar-refractivity contribution >= 4 is 11.8 Å². The Bertz CT molecular complexity index is 307. The van der Waals surface area contributed by atoms with Crippen molar-refractivity contribution in [2.24, 2.45) is 5.92 Å². The number of imide groups is 1. The molecule has 1 atom stereocenters. The molecule has 88 valence electrons. The number of carbonyl (C=O) groups excluding carboxylic acids is 2. The van der Waals surface area contributed by atoms with Gasteiger partial charge in [0.15, 0.2) is 0 Å². The van der Waals surface area contributed by atoms with Crippen LogP contribution < -0.4 is 5.32 Å². The first-order valence-corrected chi connectivity index (χ1v) is 6.01. The van der Waals surface area contributed by atoms with E-state index in [1.165, 1.54) is 25.9 Å². The summed E-state index contributed by atoms with van der Waals surface area (Å²) >= 11 is 0. The lowest BCUT2D eigenvalue weighted by atomic mass is 9.83. The van der Waals surface area contributed by atoms with Crippen molar-refractivity contribution < 1.29 is 9.59 Å². The summed E-state index contributed by atoms with van der Waals surface area (Å²) in [6.07, 6.45) is 2.44. The Hall–Kier alpha value is -0.940. The highest BCUT2D eigenvalue weighted by Crippen LogP contribution is 2.30.